The highest BCUT2D eigenvalue weighted by Crippen LogP contribution is 2.29. The lowest BCUT2D eigenvalue weighted by Gasteiger charge is -2.02. The first-order chi connectivity index (χ1) is 7.29. The first-order valence-corrected chi connectivity index (χ1v) is 5.96. The van der Waals surface area contributed by atoms with E-state index in [2.05, 4.69) is 0 Å². The molecular formula is C7H3ClFNO5S. The van der Waals surface area contributed by atoms with Crippen LogP contribution < -0.4 is 0 Å². The predicted molar refractivity (Wildman–Crippen MR) is 51.5 cm³/mol. The zero-order chi connectivity index (χ0) is 12.5. The van der Waals surface area contributed by atoms with Crippen molar-refractivity contribution in [1.29, 1.82) is 0 Å². The molecule has 1 aromatic rings. The van der Waals surface area contributed by atoms with Gasteiger partial charge in [0.1, 0.15) is 4.90 Å². The average molecular weight is 268 g/mol. The number of nitro benzene ring substituents is 1. The third-order valence-electron chi connectivity index (χ3n) is 1.67. The molecule has 16 heavy (non-hydrogen) atoms. The van der Waals surface area contributed by atoms with Gasteiger partial charge < -0.3 is 0 Å². The second-order valence-corrected chi connectivity index (χ2v) is 5.13. The monoisotopic (exact) mass is 267 g/mol. The minimum Gasteiger partial charge on any atom is -0.298 e. The predicted octanol–water partition coefficient (Wildman–Crippen LogP) is 1.47. The van der Waals surface area contributed by atoms with Crippen LogP contribution in [0.25, 0.3) is 0 Å². The first kappa shape index (κ1) is 12.5. The Labute approximate surface area is 93.2 Å². The number of nitrogens with zero attached hydrogens (tertiary/aromatic N) is 1. The van der Waals surface area contributed by atoms with Crippen molar-refractivity contribution in [1.82, 2.24) is 0 Å². The lowest BCUT2D eigenvalue weighted by atomic mass is 10.2. The van der Waals surface area contributed by atoms with Crippen molar-refractivity contribution in [2.24, 2.45) is 0 Å². The molecule has 0 spiro atoms. The van der Waals surface area contributed by atoms with Gasteiger partial charge in [-0.15, -0.1) is 0 Å². The molecule has 0 unspecified atom stereocenters. The molecule has 86 valence electrons. The fraction of sp³-hybridized carbons (Fsp3) is 0. The highest BCUT2D eigenvalue weighted by atomic mass is 35.7. The van der Waals surface area contributed by atoms with Crippen molar-refractivity contribution in [3.63, 3.8) is 0 Å². The third kappa shape index (κ3) is 2.17. The number of nitro groups is 1. The summed E-state index contributed by atoms with van der Waals surface area (Å²) in [7, 11) is 0.304. The minimum atomic E-state index is -4.57. The van der Waals surface area contributed by atoms with Gasteiger partial charge in [0.05, 0.1) is 4.92 Å². The van der Waals surface area contributed by atoms with E-state index in [9.17, 15) is 27.7 Å². The van der Waals surface area contributed by atoms with E-state index in [1.807, 2.05) is 0 Å². The molecule has 1 rings (SSSR count). The summed E-state index contributed by atoms with van der Waals surface area (Å²) in [6, 6.07) is 1.49. The van der Waals surface area contributed by atoms with E-state index >= 15 is 0 Å². The quantitative estimate of drug-likeness (QED) is 0.358. The fourth-order valence-electron chi connectivity index (χ4n) is 1.04. The zero-order valence-electron chi connectivity index (χ0n) is 7.38. The van der Waals surface area contributed by atoms with Crippen molar-refractivity contribution < 1.29 is 22.5 Å². The van der Waals surface area contributed by atoms with E-state index in [1.165, 1.54) is 0 Å². The summed E-state index contributed by atoms with van der Waals surface area (Å²) in [6.45, 7) is 0. The number of aldehydes is 1. The molecule has 6 nitrogen and oxygen atoms in total. The molecule has 0 aliphatic carbocycles. The van der Waals surface area contributed by atoms with Crippen LogP contribution in [0.5, 0.6) is 0 Å². The van der Waals surface area contributed by atoms with Crippen LogP contribution in [0.1, 0.15) is 10.4 Å². The van der Waals surface area contributed by atoms with Crippen molar-refractivity contribution in [3.05, 3.63) is 33.6 Å². The molecule has 0 heterocycles. The highest BCUT2D eigenvalue weighted by Gasteiger charge is 2.28. The summed E-state index contributed by atoms with van der Waals surface area (Å²) < 4.78 is 35.3. The summed E-state index contributed by atoms with van der Waals surface area (Å²) >= 11 is 0. The molecule has 1 aromatic carbocycles. The molecule has 0 amide bonds. The van der Waals surface area contributed by atoms with Crippen LogP contribution in [0.4, 0.5) is 10.1 Å². The molecule has 9 heteroatoms. The SMILES string of the molecule is O=Cc1ccc([N+](=O)[O-])c(F)c1S(=O)(=O)Cl. The van der Waals surface area contributed by atoms with E-state index < -0.39 is 35.9 Å². The van der Waals surface area contributed by atoms with E-state index in [1.54, 1.807) is 0 Å². The second kappa shape index (κ2) is 4.14. The molecule has 0 atom stereocenters. The maximum absolute atomic E-state index is 13.4. The van der Waals surface area contributed by atoms with Gasteiger partial charge in [-0.05, 0) is 6.07 Å². The van der Waals surface area contributed by atoms with Crippen LogP contribution >= 0.6 is 10.7 Å². The van der Waals surface area contributed by atoms with Gasteiger partial charge in [-0.3, -0.25) is 14.9 Å². The molecule has 0 radical (unpaired) electrons. The summed E-state index contributed by atoms with van der Waals surface area (Å²) in [5.74, 6) is -1.65. The Morgan fingerprint density at radius 2 is 2.00 bits per heavy atom. The summed E-state index contributed by atoms with van der Waals surface area (Å²) in [6.07, 6.45) is 0.0437. The summed E-state index contributed by atoms with van der Waals surface area (Å²) in [5, 5.41) is 10.3. The van der Waals surface area contributed by atoms with Crippen molar-refractivity contribution in [2.45, 2.75) is 4.90 Å². The Morgan fingerprint density at radius 3 is 2.38 bits per heavy atom. The van der Waals surface area contributed by atoms with Gasteiger partial charge in [-0.2, -0.15) is 4.39 Å². The number of rotatable bonds is 3. The van der Waals surface area contributed by atoms with Crippen molar-refractivity contribution in [3.8, 4) is 0 Å². The summed E-state index contributed by atoms with van der Waals surface area (Å²) in [5.41, 5.74) is -1.64. The van der Waals surface area contributed by atoms with Crippen molar-refractivity contribution >= 4 is 31.7 Å². The van der Waals surface area contributed by atoms with Gasteiger partial charge in [0, 0.05) is 22.3 Å². The largest absolute Gasteiger partial charge is 0.306 e. The lowest BCUT2D eigenvalue weighted by molar-refractivity contribution is -0.387. The Morgan fingerprint density at radius 1 is 1.44 bits per heavy atom. The lowest BCUT2D eigenvalue weighted by Crippen LogP contribution is -2.04. The van der Waals surface area contributed by atoms with Crippen LogP contribution in [-0.4, -0.2) is 19.6 Å². The van der Waals surface area contributed by atoms with Gasteiger partial charge in [-0.1, -0.05) is 0 Å². The second-order valence-electron chi connectivity index (χ2n) is 2.63. The molecule has 0 aliphatic heterocycles. The average Bonchev–Trinajstić information content (AvgIpc) is 2.14. The van der Waals surface area contributed by atoms with Gasteiger partial charge in [0.2, 0.25) is 5.82 Å². The topological polar surface area (TPSA) is 94.3 Å². The fourth-order valence-corrected chi connectivity index (χ4v) is 2.23. The number of carbonyl (C=O) groups excluding carboxylic acids is 1. The zero-order valence-corrected chi connectivity index (χ0v) is 8.96. The van der Waals surface area contributed by atoms with Gasteiger partial charge >= 0.3 is 5.69 Å². The van der Waals surface area contributed by atoms with Crippen LogP contribution in [0.15, 0.2) is 17.0 Å². The maximum Gasteiger partial charge on any atom is 0.306 e. The standard InChI is InChI=1S/C7H3ClFNO5S/c8-16(14,15)7-4(3-11)1-2-5(6(7)9)10(12)13/h1-3H. The van der Waals surface area contributed by atoms with Gasteiger partial charge in [0.15, 0.2) is 6.29 Å². The molecule has 0 bridgehead atoms. The Hall–Kier alpha value is -1.54. The molecule has 0 saturated carbocycles. The smallest absolute Gasteiger partial charge is 0.298 e. The maximum atomic E-state index is 13.4. The molecule has 0 saturated heterocycles. The number of benzene rings is 1. The number of hydrogen-bond acceptors (Lipinski definition) is 5. The molecule has 0 aromatic heterocycles. The van der Waals surface area contributed by atoms with Crippen LogP contribution in [0.3, 0.4) is 0 Å². The van der Waals surface area contributed by atoms with Crippen LogP contribution in [0, 0.1) is 15.9 Å². The number of hydrogen-bond donors (Lipinski definition) is 0. The molecular weight excluding hydrogens is 265 g/mol. The van der Waals surface area contributed by atoms with E-state index in [0.29, 0.717) is 6.07 Å². The van der Waals surface area contributed by atoms with Crippen molar-refractivity contribution in [2.75, 3.05) is 0 Å². The van der Waals surface area contributed by atoms with Gasteiger partial charge in [-0.25, -0.2) is 8.42 Å². The highest BCUT2D eigenvalue weighted by molar-refractivity contribution is 8.13. The molecule has 0 fully saturated rings. The molecule has 0 aliphatic rings. The van der Waals surface area contributed by atoms with Crippen LogP contribution in [0.2, 0.25) is 0 Å². The molecule has 0 N–H and O–H groups in total. The Kier molecular flexibility index (Phi) is 3.24. The van der Waals surface area contributed by atoms with Crippen LogP contribution in [-0.2, 0) is 9.05 Å². The third-order valence-corrected chi connectivity index (χ3v) is 3.04. The Balaban J connectivity index is 3.73. The van der Waals surface area contributed by atoms with E-state index in [0.717, 1.165) is 6.07 Å². The first-order valence-electron chi connectivity index (χ1n) is 3.65. The van der Waals surface area contributed by atoms with Gasteiger partial charge in [0.25, 0.3) is 9.05 Å². The Bertz CT molecular complexity index is 570. The number of halogens is 2. The normalized spacial score (nSPS) is 11.1. The number of carbonyl (C=O) groups is 1. The minimum absolute atomic E-state index is 0.0437. The van der Waals surface area contributed by atoms with E-state index in [4.69, 9.17) is 10.7 Å². The van der Waals surface area contributed by atoms with E-state index in [-0.39, 0.29) is 6.29 Å². The summed E-state index contributed by atoms with van der Waals surface area (Å²) in [4.78, 5) is 18.5.